The van der Waals surface area contributed by atoms with Crippen molar-refractivity contribution in [2.45, 2.75) is 44.1 Å². The normalized spacial score (nSPS) is 21.6. The Morgan fingerprint density at radius 1 is 1.18 bits per heavy atom. The van der Waals surface area contributed by atoms with Crippen LogP contribution >= 0.6 is 0 Å². The molecule has 2 aliphatic rings. The Morgan fingerprint density at radius 3 is 2.64 bits per heavy atom. The predicted octanol–water partition coefficient (Wildman–Crippen LogP) is 3.18. The van der Waals surface area contributed by atoms with Crippen molar-refractivity contribution in [1.82, 2.24) is 9.78 Å². The van der Waals surface area contributed by atoms with Crippen LogP contribution in [-0.4, -0.2) is 20.8 Å². The SMILES string of the molecule is O=C1C[C@@H](c2ccc(O)cc2)c2cnn(C3CCCC3)c2N1. The molecule has 1 amide bonds. The van der Waals surface area contributed by atoms with Gasteiger partial charge in [-0.1, -0.05) is 25.0 Å². The van der Waals surface area contributed by atoms with Gasteiger partial charge < -0.3 is 10.4 Å². The van der Waals surface area contributed by atoms with Crippen LogP contribution < -0.4 is 5.32 Å². The summed E-state index contributed by atoms with van der Waals surface area (Å²) in [5, 5.41) is 17.0. The van der Waals surface area contributed by atoms with Crippen LogP contribution in [0.3, 0.4) is 0 Å². The third-order valence-corrected chi connectivity index (χ3v) is 4.81. The number of anilines is 1. The zero-order valence-corrected chi connectivity index (χ0v) is 12.3. The standard InChI is InChI=1S/C17H19N3O2/c21-13-7-5-11(6-8-13)14-9-16(22)19-17-15(14)10-18-20(17)12-3-1-2-4-12/h5-8,10,12,14,21H,1-4,9H2,(H,19,22)/t14-/m0/s1. The van der Waals surface area contributed by atoms with E-state index in [2.05, 4.69) is 10.4 Å². The fourth-order valence-corrected chi connectivity index (χ4v) is 3.67. The first-order valence-electron chi connectivity index (χ1n) is 7.88. The third-order valence-electron chi connectivity index (χ3n) is 4.81. The van der Waals surface area contributed by atoms with E-state index in [1.165, 1.54) is 12.8 Å². The maximum Gasteiger partial charge on any atom is 0.226 e. The second kappa shape index (κ2) is 5.16. The van der Waals surface area contributed by atoms with Crippen LogP contribution in [0.25, 0.3) is 0 Å². The molecule has 1 aliphatic heterocycles. The number of nitrogens with zero attached hydrogens (tertiary/aromatic N) is 2. The maximum atomic E-state index is 12.1. The largest absolute Gasteiger partial charge is 0.508 e. The lowest BCUT2D eigenvalue weighted by Crippen LogP contribution is -2.25. The number of rotatable bonds is 2. The summed E-state index contributed by atoms with van der Waals surface area (Å²) >= 11 is 0. The molecule has 2 aromatic rings. The van der Waals surface area contributed by atoms with Crippen LogP contribution in [-0.2, 0) is 4.79 Å². The number of hydrogen-bond donors (Lipinski definition) is 2. The van der Waals surface area contributed by atoms with E-state index in [1.54, 1.807) is 12.1 Å². The van der Waals surface area contributed by atoms with Crippen LogP contribution in [0.4, 0.5) is 5.82 Å². The lowest BCUT2D eigenvalue weighted by atomic mass is 9.87. The molecule has 22 heavy (non-hydrogen) atoms. The summed E-state index contributed by atoms with van der Waals surface area (Å²) in [5.74, 6) is 1.15. The minimum absolute atomic E-state index is 0.0134. The van der Waals surface area contributed by atoms with Crippen LogP contribution in [0.15, 0.2) is 30.5 Å². The Morgan fingerprint density at radius 2 is 1.91 bits per heavy atom. The molecule has 0 bridgehead atoms. The second-order valence-corrected chi connectivity index (χ2v) is 6.23. The molecule has 1 aromatic heterocycles. The van der Waals surface area contributed by atoms with Gasteiger partial charge in [-0.25, -0.2) is 4.68 Å². The highest BCUT2D eigenvalue weighted by molar-refractivity contribution is 5.94. The van der Waals surface area contributed by atoms with E-state index in [-0.39, 0.29) is 17.6 Å². The van der Waals surface area contributed by atoms with Gasteiger partial charge in [0.05, 0.1) is 12.2 Å². The molecule has 1 aliphatic carbocycles. The molecule has 1 saturated carbocycles. The maximum absolute atomic E-state index is 12.1. The molecule has 5 nitrogen and oxygen atoms in total. The molecule has 4 rings (SSSR count). The number of aromatic nitrogens is 2. The summed E-state index contributed by atoms with van der Waals surface area (Å²) in [5.41, 5.74) is 2.12. The molecular formula is C17H19N3O2. The first kappa shape index (κ1) is 13.4. The smallest absolute Gasteiger partial charge is 0.226 e. The highest BCUT2D eigenvalue weighted by atomic mass is 16.3. The molecule has 0 unspecified atom stereocenters. The molecule has 1 aromatic carbocycles. The highest BCUT2D eigenvalue weighted by Gasteiger charge is 2.32. The van der Waals surface area contributed by atoms with Gasteiger partial charge in [0.1, 0.15) is 11.6 Å². The summed E-state index contributed by atoms with van der Waals surface area (Å²) < 4.78 is 2.01. The van der Waals surface area contributed by atoms with E-state index in [4.69, 9.17) is 0 Å². The minimum Gasteiger partial charge on any atom is -0.508 e. The Labute approximate surface area is 129 Å². The summed E-state index contributed by atoms with van der Waals surface area (Å²) in [6.07, 6.45) is 7.05. The summed E-state index contributed by atoms with van der Waals surface area (Å²) in [4.78, 5) is 12.1. The zero-order chi connectivity index (χ0) is 15.1. The molecule has 5 heteroatoms. The van der Waals surface area contributed by atoms with E-state index in [0.717, 1.165) is 29.8 Å². The van der Waals surface area contributed by atoms with Gasteiger partial charge in [0.2, 0.25) is 5.91 Å². The lowest BCUT2D eigenvalue weighted by molar-refractivity contribution is -0.116. The van der Waals surface area contributed by atoms with Gasteiger partial charge >= 0.3 is 0 Å². The zero-order valence-electron chi connectivity index (χ0n) is 12.3. The van der Waals surface area contributed by atoms with Crippen molar-refractivity contribution in [3.63, 3.8) is 0 Å². The fourth-order valence-electron chi connectivity index (χ4n) is 3.67. The van der Waals surface area contributed by atoms with Crippen molar-refractivity contribution in [3.05, 3.63) is 41.6 Å². The van der Waals surface area contributed by atoms with Gasteiger partial charge in [-0.2, -0.15) is 5.10 Å². The van der Waals surface area contributed by atoms with E-state index < -0.39 is 0 Å². The van der Waals surface area contributed by atoms with Gasteiger partial charge in [0.25, 0.3) is 0 Å². The van der Waals surface area contributed by atoms with Crippen LogP contribution in [0, 0.1) is 0 Å². The predicted molar refractivity (Wildman–Crippen MR) is 82.9 cm³/mol. The summed E-state index contributed by atoms with van der Waals surface area (Å²) in [6.45, 7) is 0. The molecule has 1 atom stereocenters. The number of carbonyl (C=O) groups is 1. The Balaban J connectivity index is 1.74. The van der Waals surface area contributed by atoms with Crippen LogP contribution in [0.5, 0.6) is 5.75 Å². The number of amides is 1. The highest BCUT2D eigenvalue weighted by Crippen LogP contribution is 2.40. The van der Waals surface area contributed by atoms with Crippen molar-refractivity contribution in [2.75, 3.05) is 5.32 Å². The third kappa shape index (κ3) is 2.17. The summed E-state index contributed by atoms with van der Waals surface area (Å²) in [7, 11) is 0. The lowest BCUT2D eigenvalue weighted by Gasteiger charge is -2.25. The molecule has 0 radical (unpaired) electrons. The van der Waals surface area contributed by atoms with E-state index in [0.29, 0.717) is 12.5 Å². The van der Waals surface area contributed by atoms with E-state index in [1.807, 2.05) is 23.0 Å². The van der Waals surface area contributed by atoms with Gasteiger partial charge in [-0.15, -0.1) is 0 Å². The number of phenols is 1. The molecule has 114 valence electrons. The number of hydrogen-bond acceptors (Lipinski definition) is 3. The monoisotopic (exact) mass is 297 g/mol. The van der Waals surface area contributed by atoms with Gasteiger partial charge in [-0.05, 0) is 30.5 Å². The van der Waals surface area contributed by atoms with Gasteiger partial charge in [0, 0.05) is 17.9 Å². The van der Waals surface area contributed by atoms with Crippen molar-refractivity contribution in [3.8, 4) is 5.75 Å². The van der Waals surface area contributed by atoms with Crippen molar-refractivity contribution in [2.24, 2.45) is 0 Å². The average Bonchev–Trinajstić information content (AvgIpc) is 3.15. The Bertz CT molecular complexity index is 699. The molecule has 1 fully saturated rings. The quantitative estimate of drug-likeness (QED) is 0.894. The first-order valence-corrected chi connectivity index (χ1v) is 7.88. The number of carbonyl (C=O) groups excluding carboxylic acids is 1. The molecule has 2 heterocycles. The number of nitrogens with one attached hydrogen (secondary N) is 1. The van der Waals surface area contributed by atoms with E-state index in [9.17, 15) is 9.90 Å². The minimum atomic E-state index is 0.0134. The van der Waals surface area contributed by atoms with Crippen molar-refractivity contribution >= 4 is 11.7 Å². The van der Waals surface area contributed by atoms with Crippen LogP contribution in [0.1, 0.15) is 55.2 Å². The van der Waals surface area contributed by atoms with E-state index >= 15 is 0 Å². The van der Waals surface area contributed by atoms with Crippen molar-refractivity contribution in [1.29, 1.82) is 0 Å². The van der Waals surface area contributed by atoms with Crippen molar-refractivity contribution < 1.29 is 9.90 Å². The number of benzene rings is 1. The molecule has 2 N–H and O–H groups in total. The molecular weight excluding hydrogens is 278 g/mol. The average molecular weight is 297 g/mol. The number of aromatic hydroxyl groups is 1. The van der Waals surface area contributed by atoms with Crippen LogP contribution in [0.2, 0.25) is 0 Å². The molecule has 0 saturated heterocycles. The fraction of sp³-hybridized carbons (Fsp3) is 0.412. The first-order chi connectivity index (χ1) is 10.7. The van der Waals surface area contributed by atoms with Gasteiger partial charge in [0.15, 0.2) is 0 Å². The number of fused-ring (bicyclic) bond motifs is 1. The topological polar surface area (TPSA) is 67.1 Å². The Kier molecular flexibility index (Phi) is 3.13. The van der Waals surface area contributed by atoms with Gasteiger partial charge in [-0.3, -0.25) is 4.79 Å². The Hall–Kier alpha value is -2.30. The summed E-state index contributed by atoms with van der Waals surface area (Å²) in [6, 6.07) is 7.51. The second-order valence-electron chi connectivity index (χ2n) is 6.23. The number of phenolic OH excluding ortho intramolecular Hbond substituents is 1. The molecule has 0 spiro atoms.